The summed E-state index contributed by atoms with van der Waals surface area (Å²) in [5, 5.41) is 10.2. The topological polar surface area (TPSA) is 38.7 Å². The Morgan fingerprint density at radius 1 is 1.25 bits per heavy atom. The zero-order chi connectivity index (χ0) is 12.0. The van der Waals surface area contributed by atoms with Crippen molar-refractivity contribution in [3.05, 3.63) is 29.8 Å². The van der Waals surface area contributed by atoms with Gasteiger partial charge in [0.2, 0.25) is 0 Å². The quantitative estimate of drug-likeness (QED) is 0.803. The minimum atomic E-state index is -0.759. The van der Waals surface area contributed by atoms with Gasteiger partial charge in [0, 0.05) is 20.1 Å². The van der Waals surface area contributed by atoms with E-state index in [9.17, 15) is 5.11 Å². The molecule has 1 aromatic rings. The average molecular weight is 224 g/mol. The molecule has 0 saturated heterocycles. The Morgan fingerprint density at radius 3 is 2.56 bits per heavy atom. The van der Waals surface area contributed by atoms with Crippen LogP contribution in [0.4, 0.5) is 0 Å². The fourth-order valence-electron chi connectivity index (χ4n) is 1.67. The third kappa shape index (κ3) is 3.83. The second kappa shape index (κ2) is 5.87. The Bertz CT molecular complexity index is 321. The number of methoxy groups -OCH3 is 2. The van der Waals surface area contributed by atoms with Crippen molar-refractivity contribution in [3.63, 3.8) is 0 Å². The molecule has 0 saturated carbocycles. The largest absolute Gasteiger partial charge is 0.496 e. The summed E-state index contributed by atoms with van der Waals surface area (Å²) in [6.07, 6.45) is 1.18. The molecule has 1 atom stereocenters. The van der Waals surface area contributed by atoms with Gasteiger partial charge >= 0.3 is 0 Å². The third-order valence-electron chi connectivity index (χ3n) is 2.61. The van der Waals surface area contributed by atoms with Crippen molar-refractivity contribution in [2.24, 2.45) is 0 Å². The van der Waals surface area contributed by atoms with E-state index in [1.54, 1.807) is 14.2 Å². The van der Waals surface area contributed by atoms with E-state index in [0.717, 1.165) is 11.3 Å². The summed E-state index contributed by atoms with van der Waals surface area (Å²) in [7, 11) is 3.28. The summed E-state index contributed by atoms with van der Waals surface area (Å²) in [6.45, 7) is 2.38. The monoisotopic (exact) mass is 224 g/mol. The van der Waals surface area contributed by atoms with Gasteiger partial charge in [0.15, 0.2) is 0 Å². The first-order valence-corrected chi connectivity index (χ1v) is 5.42. The van der Waals surface area contributed by atoms with Gasteiger partial charge in [-0.15, -0.1) is 0 Å². The lowest BCUT2D eigenvalue weighted by molar-refractivity contribution is 0.0245. The van der Waals surface area contributed by atoms with Crippen LogP contribution in [-0.2, 0) is 11.2 Å². The molecule has 0 heterocycles. The maximum atomic E-state index is 10.2. The minimum Gasteiger partial charge on any atom is -0.496 e. The fourth-order valence-corrected chi connectivity index (χ4v) is 1.67. The van der Waals surface area contributed by atoms with Gasteiger partial charge in [-0.2, -0.15) is 0 Å². The molecule has 0 amide bonds. The number of hydrogen-bond acceptors (Lipinski definition) is 3. The highest BCUT2D eigenvalue weighted by Crippen LogP contribution is 2.24. The first kappa shape index (κ1) is 13.0. The summed E-state index contributed by atoms with van der Waals surface area (Å²) in [5.74, 6) is 0.820. The molecular weight excluding hydrogens is 204 g/mol. The van der Waals surface area contributed by atoms with Crippen LogP contribution in [0.1, 0.15) is 18.9 Å². The molecule has 0 aliphatic rings. The third-order valence-corrected chi connectivity index (χ3v) is 2.61. The molecule has 3 heteroatoms. The Labute approximate surface area is 97.0 Å². The van der Waals surface area contributed by atoms with Gasteiger partial charge in [-0.1, -0.05) is 18.2 Å². The fraction of sp³-hybridized carbons (Fsp3) is 0.538. The number of para-hydroxylation sites is 1. The number of benzene rings is 1. The number of hydrogen-bond donors (Lipinski definition) is 1. The molecule has 16 heavy (non-hydrogen) atoms. The van der Waals surface area contributed by atoms with E-state index in [-0.39, 0.29) is 0 Å². The van der Waals surface area contributed by atoms with E-state index in [4.69, 9.17) is 9.47 Å². The molecule has 1 rings (SSSR count). The van der Waals surface area contributed by atoms with Crippen LogP contribution in [0.2, 0.25) is 0 Å². The average Bonchev–Trinajstić information content (AvgIpc) is 2.27. The van der Waals surface area contributed by atoms with Crippen LogP contribution in [-0.4, -0.2) is 31.5 Å². The van der Waals surface area contributed by atoms with Crippen molar-refractivity contribution >= 4 is 0 Å². The van der Waals surface area contributed by atoms with Crippen molar-refractivity contribution in [3.8, 4) is 5.75 Å². The van der Waals surface area contributed by atoms with Gasteiger partial charge in [-0.25, -0.2) is 0 Å². The minimum absolute atomic E-state index is 0.558. The number of ether oxygens (including phenoxy) is 2. The second-order valence-electron chi connectivity index (χ2n) is 4.23. The van der Waals surface area contributed by atoms with Crippen LogP contribution in [0.15, 0.2) is 24.3 Å². The molecule has 1 unspecified atom stereocenters. The Morgan fingerprint density at radius 2 is 1.94 bits per heavy atom. The van der Waals surface area contributed by atoms with Crippen LogP contribution in [0.3, 0.4) is 0 Å². The molecule has 0 fully saturated rings. The smallest absolute Gasteiger partial charge is 0.122 e. The lowest BCUT2D eigenvalue weighted by atomic mass is 9.93. The SMILES string of the molecule is COCCC(C)(O)Cc1ccccc1OC. The van der Waals surface area contributed by atoms with Crippen molar-refractivity contribution in [2.45, 2.75) is 25.4 Å². The van der Waals surface area contributed by atoms with Gasteiger partial charge in [-0.05, 0) is 25.0 Å². The van der Waals surface area contributed by atoms with Crippen LogP contribution >= 0.6 is 0 Å². The summed E-state index contributed by atoms with van der Waals surface area (Å²) in [6, 6.07) is 7.75. The molecule has 3 nitrogen and oxygen atoms in total. The molecule has 0 radical (unpaired) electrons. The highest BCUT2D eigenvalue weighted by molar-refractivity contribution is 5.34. The summed E-state index contributed by atoms with van der Waals surface area (Å²) >= 11 is 0. The standard InChI is InChI=1S/C13H20O3/c1-13(14,8-9-15-2)10-11-6-4-5-7-12(11)16-3/h4-7,14H,8-10H2,1-3H3. The van der Waals surface area contributed by atoms with Crippen molar-refractivity contribution in [1.29, 1.82) is 0 Å². The number of rotatable bonds is 6. The van der Waals surface area contributed by atoms with Crippen LogP contribution in [0.5, 0.6) is 5.75 Å². The summed E-state index contributed by atoms with van der Waals surface area (Å²) in [4.78, 5) is 0. The van der Waals surface area contributed by atoms with Crippen molar-refractivity contribution in [1.82, 2.24) is 0 Å². The van der Waals surface area contributed by atoms with Gasteiger partial charge < -0.3 is 14.6 Å². The Kier molecular flexibility index (Phi) is 4.77. The predicted molar refractivity (Wildman–Crippen MR) is 63.8 cm³/mol. The highest BCUT2D eigenvalue weighted by atomic mass is 16.5. The number of aliphatic hydroxyl groups is 1. The molecule has 90 valence electrons. The molecule has 0 bridgehead atoms. The van der Waals surface area contributed by atoms with Crippen LogP contribution in [0.25, 0.3) is 0 Å². The zero-order valence-corrected chi connectivity index (χ0v) is 10.2. The molecule has 1 N–H and O–H groups in total. The maximum Gasteiger partial charge on any atom is 0.122 e. The zero-order valence-electron chi connectivity index (χ0n) is 10.2. The van der Waals surface area contributed by atoms with Gasteiger partial charge in [0.05, 0.1) is 12.7 Å². The lowest BCUT2D eigenvalue weighted by Gasteiger charge is -2.23. The molecular formula is C13H20O3. The highest BCUT2D eigenvalue weighted by Gasteiger charge is 2.22. The van der Waals surface area contributed by atoms with E-state index in [2.05, 4.69) is 0 Å². The molecule has 0 aliphatic heterocycles. The second-order valence-corrected chi connectivity index (χ2v) is 4.23. The van der Waals surface area contributed by atoms with Crippen molar-refractivity contribution < 1.29 is 14.6 Å². The first-order chi connectivity index (χ1) is 7.59. The Balaban J connectivity index is 2.71. The normalized spacial score (nSPS) is 14.5. The van der Waals surface area contributed by atoms with Crippen LogP contribution in [0, 0.1) is 0 Å². The summed E-state index contributed by atoms with van der Waals surface area (Å²) < 4.78 is 10.2. The lowest BCUT2D eigenvalue weighted by Crippen LogP contribution is -2.29. The van der Waals surface area contributed by atoms with E-state index in [1.807, 2.05) is 31.2 Å². The molecule has 0 aliphatic carbocycles. The summed E-state index contributed by atoms with van der Waals surface area (Å²) in [5.41, 5.74) is 0.260. The van der Waals surface area contributed by atoms with Gasteiger partial charge in [-0.3, -0.25) is 0 Å². The predicted octanol–water partition coefficient (Wildman–Crippen LogP) is 2.03. The van der Waals surface area contributed by atoms with Gasteiger partial charge in [0.25, 0.3) is 0 Å². The van der Waals surface area contributed by atoms with E-state index in [0.29, 0.717) is 19.4 Å². The van der Waals surface area contributed by atoms with E-state index >= 15 is 0 Å². The first-order valence-electron chi connectivity index (χ1n) is 5.42. The maximum absolute atomic E-state index is 10.2. The molecule has 1 aromatic carbocycles. The van der Waals surface area contributed by atoms with Gasteiger partial charge in [0.1, 0.15) is 5.75 Å². The Hall–Kier alpha value is -1.06. The van der Waals surface area contributed by atoms with E-state index < -0.39 is 5.60 Å². The van der Waals surface area contributed by atoms with Crippen molar-refractivity contribution in [2.75, 3.05) is 20.8 Å². The molecule has 0 aromatic heterocycles. The van der Waals surface area contributed by atoms with Crippen LogP contribution < -0.4 is 4.74 Å². The van der Waals surface area contributed by atoms with E-state index in [1.165, 1.54) is 0 Å². The molecule has 0 spiro atoms.